The third-order valence-electron chi connectivity index (χ3n) is 1.47. The normalized spacial score (nSPS) is 10.3. The molecule has 0 spiro atoms. The smallest absolute Gasteiger partial charge is 0.247 e. The van der Waals surface area contributed by atoms with Crippen LogP contribution in [0.4, 0.5) is 0 Å². The van der Waals surface area contributed by atoms with Gasteiger partial charge in [-0.2, -0.15) is 0 Å². The quantitative estimate of drug-likeness (QED) is 0.631. The molecule has 0 radical (unpaired) electrons. The van der Waals surface area contributed by atoms with Crippen LogP contribution in [-0.4, -0.2) is 4.98 Å². The van der Waals surface area contributed by atoms with E-state index in [1.54, 1.807) is 12.3 Å². The van der Waals surface area contributed by atoms with Crippen LogP contribution in [-0.2, 0) is 0 Å². The van der Waals surface area contributed by atoms with Crippen molar-refractivity contribution in [3.63, 3.8) is 0 Å². The number of rotatable bonds is 1. The molecule has 1 aromatic rings. The van der Waals surface area contributed by atoms with Crippen LogP contribution >= 0.6 is 0 Å². The molecule has 56 valence electrons. The lowest BCUT2D eigenvalue weighted by Crippen LogP contribution is -2.03. The van der Waals surface area contributed by atoms with E-state index in [0.29, 0.717) is 5.92 Å². The fourth-order valence-corrected chi connectivity index (χ4v) is 0.782. The summed E-state index contributed by atoms with van der Waals surface area (Å²) in [6.45, 7) is 4.18. The molecule has 2 nitrogen and oxygen atoms in total. The average Bonchev–Trinajstić information content (AvgIpc) is 1.88. The van der Waals surface area contributed by atoms with Crippen LogP contribution in [0.1, 0.15) is 26.8 Å². The summed E-state index contributed by atoms with van der Waals surface area (Å²) in [6.07, 6.45) is 1.76. The van der Waals surface area contributed by atoms with E-state index in [0.717, 1.165) is 0 Å². The molecule has 0 aromatic carbocycles. The summed E-state index contributed by atoms with van der Waals surface area (Å²) in [5.74, 6) is 0.483. The van der Waals surface area contributed by atoms with E-state index in [2.05, 4.69) is 18.8 Å². The van der Waals surface area contributed by atoms with Crippen molar-refractivity contribution < 1.29 is 1.43 Å². The Bertz CT molecular complexity index is 247. The molecule has 0 aliphatic rings. The number of pyridine rings is 1. The first-order valence-corrected chi connectivity index (χ1v) is 3.39. The topological polar surface area (TPSA) is 32.9 Å². The standard InChI is InChI=1S/C8H11NO.H2/c1-6(2)7-3-4-8(10)9-5-7;/h3-6H,1-2H3,(H,9,10);1H. The molecule has 0 saturated carbocycles. The van der Waals surface area contributed by atoms with Crippen molar-refractivity contribution in [3.05, 3.63) is 34.2 Å². The fourth-order valence-electron chi connectivity index (χ4n) is 0.782. The fraction of sp³-hybridized carbons (Fsp3) is 0.375. The molecule has 0 amide bonds. The van der Waals surface area contributed by atoms with Gasteiger partial charge in [-0.25, -0.2) is 0 Å². The van der Waals surface area contributed by atoms with Gasteiger partial charge in [0, 0.05) is 13.7 Å². The van der Waals surface area contributed by atoms with E-state index in [1.165, 1.54) is 5.56 Å². The van der Waals surface area contributed by atoms with Crippen LogP contribution in [0.2, 0.25) is 0 Å². The lowest BCUT2D eigenvalue weighted by molar-refractivity contribution is 0.855. The molecule has 1 N–H and O–H groups in total. The zero-order chi connectivity index (χ0) is 7.56. The molecular weight excluding hydrogens is 126 g/mol. The van der Waals surface area contributed by atoms with Gasteiger partial charge in [-0.15, -0.1) is 0 Å². The molecule has 0 unspecified atom stereocenters. The highest BCUT2D eigenvalue weighted by molar-refractivity contribution is 5.12. The third kappa shape index (κ3) is 1.47. The Morgan fingerprint density at radius 1 is 1.50 bits per heavy atom. The zero-order valence-corrected chi connectivity index (χ0v) is 6.22. The van der Waals surface area contributed by atoms with E-state index in [-0.39, 0.29) is 6.99 Å². The summed E-state index contributed by atoms with van der Waals surface area (Å²) in [7, 11) is 0. The molecule has 0 saturated heterocycles. The Kier molecular flexibility index (Phi) is 1.90. The monoisotopic (exact) mass is 139 g/mol. The number of hydrogen-bond donors (Lipinski definition) is 1. The van der Waals surface area contributed by atoms with Crippen LogP contribution < -0.4 is 5.56 Å². The Labute approximate surface area is 61.4 Å². The van der Waals surface area contributed by atoms with E-state index in [9.17, 15) is 4.79 Å². The molecule has 1 heterocycles. The summed E-state index contributed by atoms with van der Waals surface area (Å²) in [6, 6.07) is 3.40. The van der Waals surface area contributed by atoms with Crippen molar-refractivity contribution in [3.8, 4) is 0 Å². The third-order valence-corrected chi connectivity index (χ3v) is 1.47. The molecule has 10 heavy (non-hydrogen) atoms. The second-order valence-corrected chi connectivity index (χ2v) is 2.64. The molecule has 1 rings (SSSR count). The first kappa shape index (κ1) is 7.06. The predicted molar refractivity (Wildman–Crippen MR) is 43.3 cm³/mol. The van der Waals surface area contributed by atoms with E-state index in [4.69, 9.17) is 0 Å². The number of hydrogen-bond acceptors (Lipinski definition) is 1. The van der Waals surface area contributed by atoms with Crippen LogP contribution in [0.25, 0.3) is 0 Å². The van der Waals surface area contributed by atoms with Gasteiger partial charge in [0.2, 0.25) is 5.56 Å². The minimum absolute atomic E-state index is 0. The molecule has 0 aliphatic heterocycles. The van der Waals surface area contributed by atoms with Gasteiger partial charge in [0.25, 0.3) is 0 Å². The maximum atomic E-state index is 10.6. The van der Waals surface area contributed by atoms with Gasteiger partial charge in [0.05, 0.1) is 0 Å². The van der Waals surface area contributed by atoms with Gasteiger partial charge in [-0.3, -0.25) is 4.79 Å². The van der Waals surface area contributed by atoms with Crippen molar-refractivity contribution in [1.82, 2.24) is 4.98 Å². The Balaban J connectivity index is 0.000001000. The van der Waals surface area contributed by atoms with E-state index in [1.807, 2.05) is 6.07 Å². The first-order chi connectivity index (χ1) is 4.70. The largest absolute Gasteiger partial charge is 0.329 e. The number of nitrogens with one attached hydrogen (secondary N) is 1. The average molecular weight is 139 g/mol. The maximum Gasteiger partial charge on any atom is 0.247 e. The highest BCUT2D eigenvalue weighted by Gasteiger charge is 1.95. The molecular formula is C8H13NO. The lowest BCUT2D eigenvalue weighted by Gasteiger charge is -2.01. The van der Waals surface area contributed by atoms with Crippen LogP contribution in [0.3, 0.4) is 0 Å². The Hall–Kier alpha value is -1.05. The highest BCUT2D eigenvalue weighted by atomic mass is 16.1. The number of aromatic amines is 1. The van der Waals surface area contributed by atoms with Gasteiger partial charge in [0.15, 0.2) is 0 Å². The summed E-state index contributed by atoms with van der Waals surface area (Å²) in [5, 5.41) is 0. The Morgan fingerprint density at radius 2 is 2.20 bits per heavy atom. The Morgan fingerprint density at radius 3 is 2.60 bits per heavy atom. The predicted octanol–water partition coefficient (Wildman–Crippen LogP) is 1.74. The minimum atomic E-state index is -0.0376. The summed E-state index contributed by atoms with van der Waals surface area (Å²) >= 11 is 0. The zero-order valence-electron chi connectivity index (χ0n) is 6.22. The maximum absolute atomic E-state index is 10.6. The number of aromatic nitrogens is 1. The number of H-pyrrole nitrogens is 1. The van der Waals surface area contributed by atoms with Crippen molar-refractivity contribution in [1.29, 1.82) is 0 Å². The molecule has 1 aromatic heterocycles. The molecule has 0 aliphatic carbocycles. The van der Waals surface area contributed by atoms with Gasteiger partial charge in [0.1, 0.15) is 0 Å². The minimum Gasteiger partial charge on any atom is -0.329 e. The van der Waals surface area contributed by atoms with Crippen molar-refractivity contribution in [2.24, 2.45) is 0 Å². The molecule has 2 heteroatoms. The van der Waals surface area contributed by atoms with Gasteiger partial charge < -0.3 is 4.98 Å². The van der Waals surface area contributed by atoms with Crippen LogP contribution in [0.5, 0.6) is 0 Å². The first-order valence-electron chi connectivity index (χ1n) is 3.39. The molecule has 0 fully saturated rings. The second kappa shape index (κ2) is 2.69. The van der Waals surface area contributed by atoms with E-state index >= 15 is 0 Å². The SMILES string of the molecule is CC(C)c1ccc(=O)[nH]c1.[HH]. The summed E-state index contributed by atoms with van der Waals surface area (Å²) in [5.41, 5.74) is 1.13. The van der Waals surface area contributed by atoms with Gasteiger partial charge in [-0.05, 0) is 11.5 Å². The van der Waals surface area contributed by atoms with Crippen LogP contribution in [0, 0.1) is 0 Å². The van der Waals surface area contributed by atoms with Crippen LogP contribution in [0.15, 0.2) is 23.1 Å². The van der Waals surface area contributed by atoms with Gasteiger partial charge in [-0.1, -0.05) is 19.9 Å². The van der Waals surface area contributed by atoms with Crippen molar-refractivity contribution in [2.75, 3.05) is 0 Å². The lowest BCUT2D eigenvalue weighted by atomic mass is 10.1. The summed E-state index contributed by atoms with van der Waals surface area (Å²) in [4.78, 5) is 13.2. The van der Waals surface area contributed by atoms with Crippen molar-refractivity contribution >= 4 is 0 Å². The van der Waals surface area contributed by atoms with Crippen molar-refractivity contribution in [2.45, 2.75) is 19.8 Å². The molecule has 0 bridgehead atoms. The highest BCUT2D eigenvalue weighted by Crippen LogP contribution is 2.09. The molecule has 0 atom stereocenters. The second-order valence-electron chi connectivity index (χ2n) is 2.64. The van der Waals surface area contributed by atoms with Gasteiger partial charge >= 0.3 is 0 Å². The summed E-state index contributed by atoms with van der Waals surface area (Å²) < 4.78 is 0. The van der Waals surface area contributed by atoms with E-state index < -0.39 is 0 Å².